The van der Waals surface area contributed by atoms with Crippen LogP contribution in [0.3, 0.4) is 0 Å². The molecule has 10 heteroatoms. The van der Waals surface area contributed by atoms with Crippen LogP contribution in [0.5, 0.6) is 0 Å². The van der Waals surface area contributed by atoms with Gasteiger partial charge in [-0.05, 0) is 28.6 Å². The quantitative estimate of drug-likeness (QED) is 0.329. The Morgan fingerprint density at radius 1 is 1.18 bits per heavy atom. The highest BCUT2D eigenvalue weighted by atomic mass is 32.2. The van der Waals surface area contributed by atoms with Crippen LogP contribution >= 0.6 is 35.5 Å². The van der Waals surface area contributed by atoms with E-state index in [0.29, 0.717) is 17.2 Å². The van der Waals surface area contributed by atoms with Crippen molar-refractivity contribution < 1.29 is 14.3 Å². The van der Waals surface area contributed by atoms with E-state index < -0.39 is 18.1 Å². The molecule has 1 unspecified atom stereocenters. The molecule has 0 spiro atoms. The van der Waals surface area contributed by atoms with E-state index in [1.165, 1.54) is 4.90 Å². The van der Waals surface area contributed by atoms with E-state index in [-0.39, 0.29) is 11.3 Å². The summed E-state index contributed by atoms with van der Waals surface area (Å²) in [6.07, 6.45) is 1.35. The second-order valence-electron chi connectivity index (χ2n) is 7.96. The molecule has 2 aromatic carbocycles. The fourth-order valence-corrected chi connectivity index (χ4v) is 7.30. The minimum Gasteiger partial charge on any atom is -0.448 e. The molecule has 3 aliphatic rings. The van der Waals surface area contributed by atoms with Crippen molar-refractivity contribution >= 4 is 47.3 Å². The molecule has 3 N–H and O–H groups in total. The van der Waals surface area contributed by atoms with E-state index in [1.807, 2.05) is 78.3 Å². The number of hydrazine groups is 1. The number of thioether (sulfide) groups is 2. The molecule has 2 aromatic rings. The van der Waals surface area contributed by atoms with E-state index in [0.717, 1.165) is 20.9 Å². The number of fused-ring (bicyclic) bond motifs is 1. The first-order valence-electron chi connectivity index (χ1n) is 10.8. The van der Waals surface area contributed by atoms with Crippen molar-refractivity contribution in [2.75, 3.05) is 18.6 Å². The molecule has 2 atom stereocenters. The van der Waals surface area contributed by atoms with Crippen molar-refractivity contribution in [1.82, 2.24) is 14.7 Å². The number of esters is 1. The molecule has 1 saturated heterocycles. The highest BCUT2D eigenvalue weighted by molar-refractivity contribution is 8.21. The number of rotatable bonds is 7. The number of hydrogen-bond acceptors (Lipinski definition) is 9. The van der Waals surface area contributed by atoms with Crippen molar-refractivity contribution in [3.05, 3.63) is 93.5 Å². The molecule has 176 valence electrons. The third-order valence-electron chi connectivity index (χ3n) is 5.69. The van der Waals surface area contributed by atoms with E-state index in [4.69, 9.17) is 10.5 Å². The Kier molecular flexibility index (Phi) is 6.94. The van der Waals surface area contributed by atoms with Crippen molar-refractivity contribution in [2.45, 2.75) is 17.5 Å². The average Bonchev–Trinajstić information content (AvgIpc) is 3.30. The highest BCUT2D eigenvalue weighted by Crippen LogP contribution is 2.43. The van der Waals surface area contributed by atoms with Crippen LogP contribution in [0.25, 0.3) is 0 Å². The molecule has 7 nitrogen and oxygen atoms in total. The number of ether oxygens (including phenoxy) is 1. The average molecular weight is 513 g/mol. The zero-order valence-electron chi connectivity index (χ0n) is 18.4. The fraction of sp³-hybridized carbons (Fsp3) is 0.250. The lowest BCUT2D eigenvalue weighted by Crippen LogP contribution is -2.68. The minimum atomic E-state index is -0.591. The normalized spacial score (nSPS) is 22.3. The van der Waals surface area contributed by atoms with Gasteiger partial charge >= 0.3 is 5.97 Å². The fourth-order valence-electron chi connectivity index (χ4n) is 3.98. The van der Waals surface area contributed by atoms with Crippen LogP contribution in [-0.4, -0.2) is 51.2 Å². The van der Waals surface area contributed by atoms with E-state index >= 15 is 0 Å². The number of nitrogens with zero attached hydrogens (tertiary/aromatic N) is 2. The summed E-state index contributed by atoms with van der Waals surface area (Å²) >= 11 is 4.81. The van der Waals surface area contributed by atoms with Crippen LogP contribution in [0.1, 0.15) is 17.2 Å². The highest BCUT2D eigenvalue weighted by Gasteiger charge is 2.52. The zero-order chi connectivity index (χ0) is 23.7. The molecule has 1 amide bonds. The lowest BCUT2D eigenvalue weighted by atomic mass is 10.0. The topological polar surface area (TPSA) is 87.9 Å². The molecule has 1 fully saturated rings. The number of carbonyl (C=O) groups excluding carboxylic acids is 2. The second-order valence-corrected chi connectivity index (χ2v) is 11.5. The molecule has 3 aliphatic heterocycles. The number of nitrogens with two attached hydrogens (primary N) is 1. The Balaban J connectivity index is 1.45. The lowest BCUT2D eigenvalue weighted by molar-refractivity contribution is -0.153. The van der Waals surface area contributed by atoms with Crippen LogP contribution in [-0.2, 0) is 14.3 Å². The Labute approximate surface area is 211 Å². The van der Waals surface area contributed by atoms with Gasteiger partial charge in [-0.15, -0.1) is 23.5 Å². The molecule has 5 rings (SSSR count). The summed E-state index contributed by atoms with van der Waals surface area (Å²) in [7, 11) is 1.94. The van der Waals surface area contributed by atoms with Crippen LogP contribution in [0.2, 0.25) is 0 Å². The SMILES string of the molecule is CN1NC=C(SCC2=C(C(=O)OC(c3ccccc3)c3ccccc3)N3C(=O)C(N)[C@H]3SC2)S1. The maximum absolute atomic E-state index is 13.7. The first-order chi connectivity index (χ1) is 16.5. The molecule has 0 radical (unpaired) electrons. The van der Waals surface area contributed by atoms with Gasteiger partial charge in [0, 0.05) is 24.8 Å². The molecule has 3 heterocycles. The summed E-state index contributed by atoms with van der Waals surface area (Å²) in [6, 6.07) is 18.7. The first kappa shape index (κ1) is 23.4. The molecule has 34 heavy (non-hydrogen) atoms. The summed E-state index contributed by atoms with van der Waals surface area (Å²) < 4.78 is 9.12. The van der Waals surface area contributed by atoms with Crippen LogP contribution < -0.4 is 11.2 Å². The largest absolute Gasteiger partial charge is 0.448 e. The van der Waals surface area contributed by atoms with Crippen molar-refractivity contribution in [1.29, 1.82) is 0 Å². The van der Waals surface area contributed by atoms with Crippen molar-refractivity contribution in [3.63, 3.8) is 0 Å². The zero-order valence-corrected chi connectivity index (χ0v) is 20.9. The summed E-state index contributed by atoms with van der Waals surface area (Å²) in [5.41, 5.74) is 12.1. The van der Waals surface area contributed by atoms with Crippen LogP contribution in [0, 0.1) is 0 Å². The monoisotopic (exact) mass is 512 g/mol. The molecular formula is C24H24N4O3S3. The van der Waals surface area contributed by atoms with Gasteiger partial charge in [0.2, 0.25) is 5.91 Å². The molecule has 0 aliphatic carbocycles. The molecule has 0 saturated carbocycles. The molecule has 0 bridgehead atoms. The van der Waals surface area contributed by atoms with Crippen molar-refractivity contribution in [2.24, 2.45) is 5.73 Å². The van der Waals surface area contributed by atoms with Gasteiger partial charge in [0.25, 0.3) is 0 Å². The number of nitrogens with one attached hydrogen (secondary N) is 1. The van der Waals surface area contributed by atoms with Crippen molar-refractivity contribution in [3.8, 4) is 0 Å². The van der Waals surface area contributed by atoms with E-state index in [1.54, 1.807) is 35.5 Å². The van der Waals surface area contributed by atoms with Gasteiger partial charge in [-0.25, -0.2) is 4.79 Å². The standard InChI is InChI=1S/C24H24N4O3S3/c1-27-26-12-18(34-27)32-13-17-14-33-23-19(25)22(29)28(23)20(17)24(30)31-21(15-8-4-2-5-9-15)16-10-6-3-7-11-16/h2-12,19,21,23,26H,13-14,25H2,1H3/t19?,23-/m1/s1. The van der Waals surface area contributed by atoms with Gasteiger partial charge in [-0.1, -0.05) is 60.7 Å². The van der Waals surface area contributed by atoms with E-state index in [9.17, 15) is 9.59 Å². The Morgan fingerprint density at radius 2 is 1.82 bits per heavy atom. The van der Waals surface area contributed by atoms with Gasteiger partial charge in [0.1, 0.15) is 17.1 Å². The minimum absolute atomic E-state index is 0.233. The Morgan fingerprint density at radius 3 is 2.41 bits per heavy atom. The van der Waals surface area contributed by atoms with Gasteiger partial charge < -0.3 is 15.9 Å². The molecule has 0 aromatic heterocycles. The maximum Gasteiger partial charge on any atom is 0.356 e. The first-order valence-corrected chi connectivity index (χ1v) is 13.6. The van der Waals surface area contributed by atoms with Gasteiger partial charge in [-0.2, -0.15) is 4.41 Å². The van der Waals surface area contributed by atoms with Crippen LogP contribution in [0.15, 0.2) is 82.4 Å². The molecular weight excluding hydrogens is 488 g/mol. The maximum atomic E-state index is 13.7. The predicted molar refractivity (Wildman–Crippen MR) is 138 cm³/mol. The smallest absolute Gasteiger partial charge is 0.356 e. The van der Waals surface area contributed by atoms with Gasteiger partial charge in [-0.3, -0.25) is 9.69 Å². The third-order valence-corrected chi connectivity index (χ3v) is 9.20. The Bertz CT molecular complexity index is 1100. The number of hydrogen-bond donors (Lipinski definition) is 2. The summed E-state index contributed by atoms with van der Waals surface area (Å²) in [5.74, 6) is 0.474. The third kappa shape index (κ3) is 4.60. The second kappa shape index (κ2) is 10.1. The Hall–Kier alpha value is -2.37. The van der Waals surface area contributed by atoms with Gasteiger partial charge in [0.15, 0.2) is 6.10 Å². The number of benzene rings is 2. The number of β-lactam (4-membered cyclic amide) rings is 1. The summed E-state index contributed by atoms with van der Waals surface area (Å²) in [5, 5.41) is -0.233. The predicted octanol–water partition coefficient (Wildman–Crippen LogP) is 3.45. The van der Waals surface area contributed by atoms with Crippen LogP contribution in [0.4, 0.5) is 0 Å². The number of carbonyl (C=O) groups is 2. The van der Waals surface area contributed by atoms with E-state index in [2.05, 4.69) is 5.43 Å². The summed E-state index contributed by atoms with van der Waals surface area (Å²) in [6.45, 7) is 0. The summed E-state index contributed by atoms with van der Waals surface area (Å²) in [4.78, 5) is 27.9. The number of amides is 1. The lowest BCUT2D eigenvalue weighted by Gasteiger charge is -2.48. The van der Waals surface area contributed by atoms with Gasteiger partial charge in [0.05, 0.1) is 4.24 Å².